The summed E-state index contributed by atoms with van der Waals surface area (Å²) < 4.78 is 5.76. The van der Waals surface area contributed by atoms with Gasteiger partial charge in [-0.15, -0.1) is 12.4 Å². The number of nitrogens with one attached hydrogen (secondary N) is 1. The molecule has 1 aromatic carbocycles. The molecule has 0 bridgehead atoms. The van der Waals surface area contributed by atoms with Gasteiger partial charge in [0.1, 0.15) is 5.75 Å². The summed E-state index contributed by atoms with van der Waals surface area (Å²) in [6.45, 7) is 5.93. The van der Waals surface area contributed by atoms with Gasteiger partial charge in [-0.1, -0.05) is 12.1 Å². The number of carbonyl (C=O) groups excluding carboxylic acids is 2. The molecular formula is C19H29ClN2O3. The van der Waals surface area contributed by atoms with Crippen LogP contribution >= 0.6 is 12.4 Å². The predicted molar refractivity (Wildman–Crippen MR) is 102 cm³/mol. The number of ketones is 1. The van der Waals surface area contributed by atoms with E-state index in [-0.39, 0.29) is 24.1 Å². The molecule has 5 nitrogen and oxygen atoms in total. The van der Waals surface area contributed by atoms with Crippen LogP contribution in [0.1, 0.15) is 43.5 Å². The minimum atomic E-state index is -0.541. The number of piperidine rings is 1. The van der Waals surface area contributed by atoms with E-state index in [1.54, 1.807) is 31.2 Å². The molecule has 1 saturated heterocycles. The molecule has 1 unspecified atom stereocenters. The number of hydrogen-bond donors (Lipinski definition) is 1. The number of amides is 1. The molecule has 1 fully saturated rings. The molecule has 1 N–H and O–H groups in total. The number of carbonyl (C=O) groups is 2. The summed E-state index contributed by atoms with van der Waals surface area (Å²) in [6, 6.07) is 6.99. The van der Waals surface area contributed by atoms with Crippen molar-refractivity contribution in [1.82, 2.24) is 10.2 Å². The van der Waals surface area contributed by atoms with Crippen LogP contribution in [0.25, 0.3) is 0 Å². The molecule has 1 aliphatic heterocycles. The van der Waals surface area contributed by atoms with Gasteiger partial charge < -0.3 is 15.0 Å². The Morgan fingerprint density at radius 3 is 2.60 bits per heavy atom. The first-order chi connectivity index (χ1) is 11.5. The Bertz CT molecular complexity index is 572. The highest BCUT2D eigenvalue weighted by atomic mass is 35.5. The molecule has 1 atom stereocenters. The van der Waals surface area contributed by atoms with Gasteiger partial charge in [0.2, 0.25) is 0 Å². The minimum absolute atomic E-state index is 0. The number of ether oxygens (including phenoxy) is 1. The SMILES string of the molecule is CNCCC1CCN(C(=O)C(C)Oc2cccc(C(C)=O)c2)CC1.Cl. The zero-order valence-corrected chi connectivity index (χ0v) is 16.1. The van der Waals surface area contributed by atoms with Crippen LogP contribution in [0, 0.1) is 5.92 Å². The van der Waals surface area contributed by atoms with Crippen molar-refractivity contribution in [2.24, 2.45) is 5.92 Å². The zero-order valence-electron chi connectivity index (χ0n) is 15.3. The zero-order chi connectivity index (χ0) is 17.5. The molecule has 0 saturated carbocycles. The van der Waals surface area contributed by atoms with Crippen molar-refractivity contribution in [3.8, 4) is 5.75 Å². The number of benzene rings is 1. The molecule has 0 spiro atoms. The number of rotatable bonds is 7. The molecule has 1 heterocycles. The van der Waals surface area contributed by atoms with E-state index in [1.807, 2.05) is 11.9 Å². The average Bonchev–Trinajstić information content (AvgIpc) is 2.60. The largest absolute Gasteiger partial charge is 0.481 e. The predicted octanol–water partition coefficient (Wildman–Crippen LogP) is 2.93. The molecule has 25 heavy (non-hydrogen) atoms. The van der Waals surface area contributed by atoms with E-state index in [0.29, 0.717) is 17.2 Å². The van der Waals surface area contributed by atoms with Crippen LogP contribution in [0.3, 0.4) is 0 Å². The van der Waals surface area contributed by atoms with Gasteiger partial charge in [-0.05, 0) is 64.8 Å². The maximum atomic E-state index is 12.6. The van der Waals surface area contributed by atoms with Crippen LogP contribution in [0.2, 0.25) is 0 Å². The Labute approximate surface area is 156 Å². The molecule has 140 valence electrons. The molecule has 1 aliphatic rings. The van der Waals surface area contributed by atoms with Crippen molar-refractivity contribution < 1.29 is 14.3 Å². The Hall–Kier alpha value is -1.59. The summed E-state index contributed by atoms with van der Waals surface area (Å²) in [5.41, 5.74) is 0.595. The van der Waals surface area contributed by atoms with Crippen molar-refractivity contribution in [2.45, 2.75) is 39.2 Å². The molecular weight excluding hydrogens is 340 g/mol. The summed E-state index contributed by atoms with van der Waals surface area (Å²) in [6.07, 6.45) is 2.74. The first-order valence-electron chi connectivity index (χ1n) is 8.72. The van der Waals surface area contributed by atoms with Crippen molar-refractivity contribution in [2.75, 3.05) is 26.7 Å². The Kier molecular flexibility index (Phi) is 8.93. The van der Waals surface area contributed by atoms with Crippen molar-refractivity contribution in [3.05, 3.63) is 29.8 Å². The van der Waals surface area contributed by atoms with Gasteiger partial charge in [-0.25, -0.2) is 0 Å². The van der Waals surface area contributed by atoms with E-state index in [0.717, 1.165) is 32.5 Å². The lowest BCUT2D eigenvalue weighted by Gasteiger charge is -2.33. The van der Waals surface area contributed by atoms with E-state index in [2.05, 4.69) is 5.32 Å². The Morgan fingerprint density at radius 1 is 1.32 bits per heavy atom. The van der Waals surface area contributed by atoms with E-state index >= 15 is 0 Å². The Balaban J connectivity index is 0.00000312. The summed E-state index contributed by atoms with van der Waals surface area (Å²) in [5, 5.41) is 3.18. The standard InChI is InChI=1S/C19H28N2O3.ClH/c1-14(22)17-5-4-6-18(13-17)24-15(2)19(23)21-11-8-16(9-12-21)7-10-20-3;/h4-6,13,15-16,20H,7-12H2,1-3H3;1H. The van der Waals surface area contributed by atoms with Gasteiger partial charge in [0, 0.05) is 18.7 Å². The summed E-state index contributed by atoms with van der Waals surface area (Å²) in [5.74, 6) is 1.27. The van der Waals surface area contributed by atoms with Gasteiger partial charge in [0.15, 0.2) is 11.9 Å². The second kappa shape index (κ2) is 10.4. The number of likely N-dealkylation sites (tertiary alicyclic amines) is 1. The first-order valence-corrected chi connectivity index (χ1v) is 8.72. The lowest BCUT2D eigenvalue weighted by Crippen LogP contribution is -2.45. The quantitative estimate of drug-likeness (QED) is 0.752. The fourth-order valence-corrected chi connectivity index (χ4v) is 3.09. The third-order valence-corrected chi connectivity index (χ3v) is 4.63. The molecule has 6 heteroatoms. The van der Waals surface area contributed by atoms with Gasteiger partial charge in [0.05, 0.1) is 0 Å². The monoisotopic (exact) mass is 368 g/mol. The highest BCUT2D eigenvalue weighted by molar-refractivity contribution is 5.94. The van der Waals surface area contributed by atoms with Crippen molar-refractivity contribution >= 4 is 24.1 Å². The fourth-order valence-electron chi connectivity index (χ4n) is 3.09. The first kappa shape index (κ1) is 21.5. The molecule has 1 amide bonds. The minimum Gasteiger partial charge on any atom is -0.481 e. The van der Waals surface area contributed by atoms with E-state index in [9.17, 15) is 9.59 Å². The van der Waals surface area contributed by atoms with Gasteiger partial charge >= 0.3 is 0 Å². The van der Waals surface area contributed by atoms with E-state index in [4.69, 9.17) is 4.74 Å². The maximum absolute atomic E-state index is 12.6. The third-order valence-electron chi connectivity index (χ3n) is 4.63. The van der Waals surface area contributed by atoms with Crippen LogP contribution in [0.5, 0.6) is 5.75 Å². The number of halogens is 1. The van der Waals surface area contributed by atoms with Crippen molar-refractivity contribution in [3.63, 3.8) is 0 Å². The average molecular weight is 369 g/mol. The molecule has 2 rings (SSSR count). The maximum Gasteiger partial charge on any atom is 0.263 e. The molecule has 1 aromatic rings. The fraction of sp³-hybridized carbons (Fsp3) is 0.579. The van der Waals surface area contributed by atoms with Gasteiger partial charge in [0.25, 0.3) is 5.91 Å². The number of hydrogen-bond acceptors (Lipinski definition) is 4. The van der Waals surface area contributed by atoms with Crippen LogP contribution < -0.4 is 10.1 Å². The summed E-state index contributed by atoms with van der Waals surface area (Å²) in [4.78, 5) is 25.9. The second-order valence-electron chi connectivity index (χ2n) is 6.50. The lowest BCUT2D eigenvalue weighted by molar-refractivity contribution is -0.139. The van der Waals surface area contributed by atoms with Crippen LogP contribution in [0.4, 0.5) is 0 Å². The van der Waals surface area contributed by atoms with Crippen LogP contribution in [-0.4, -0.2) is 49.4 Å². The molecule has 0 aromatic heterocycles. The third kappa shape index (κ3) is 6.33. The molecule has 0 aliphatic carbocycles. The van der Waals surface area contributed by atoms with Gasteiger partial charge in [-0.3, -0.25) is 9.59 Å². The summed E-state index contributed by atoms with van der Waals surface area (Å²) in [7, 11) is 1.97. The lowest BCUT2D eigenvalue weighted by atomic mass is 9.93. The van der Waals surface area contributed by atoms with E-state index in [1.165, 1.54) is 13.3 Å². The topological polar surface area (TPSA) is 58.6 Å². The highest BCUT2D eigenvalue weighted by Crippen LogP contribution is 2.22. The summed E-state index contributed by atoms with van der Waals surface area (Å²) >= 11 is 0. The van der Waals surface area contributed by atoms with Crippen LogP contribution in [-0.2, 0) is 4.79 Å². The number of Topliss-reactive ketones (excluding diaryl/α,β-unsaturated/α-hetero) is 1. The molecule has 0 radical (unpaired) electrons. The highest BCUT2D eigenvalue weighted by Gasteiger charge is 2.26. The van der Waals surface area contributed by atoms with E-state index < -0.39 is 6.10 Å². The smallest absolute Gasteiger partial charge is 0.263 e. The normalized spacial score (nSPS) is 16.0. The second-order valence-corrected chi connectivity index (χ2v) is 6.50. The van der Waals surface area contributed by atoms with Crippen LogP contribution in [0.15, 0.2) is 24.3 Å². The van der Waals surface area contributed by atoms with Gasteiger partial charge in [-0.2, -0.15) is 0 Å². The number of nitrogens with zero attached hydrogens (tertiary/aromatic N) is 1. The Morgan fingerprint density at radius 2 is 2.00 bits per heavy atom. The van der Waals surface area contributed by atoms with Crippen molar-refractivity contribution in [1.29, 1.82) is 0 Å².